The molecule has 410 valence electrons. The smallest absolute Gasteiger partial charge is 0.343 e. The first kappa shape index (κ1) is 58.2. The third-order valence-electron chi connectivity index (χ3n) is 14.2. The van der Waals surface area contributed by atoms with E-state index in [1.54, 1.807) is 42.7 Å². The highest BCUT2D eigenvalue weighted by atomic mass is 32.2. The van der Waals surface area contributed by atoms with E-state index < -0.39 is 101 Å². The molecule has 10 N–H and O–H groups in total. The van der Waals surface area contributed by atoms with Crippen molar-refractivity contribution in [2.45, 2.75) is 134 Å². The number of primary amides is 1. The number of unbranched alkanes of at least 4 members (excludes halogenated alkanes) is 2. The van der Waals surface area contributed by atoms with E-state index in [1.165, 1.54) is 0 Å². The van der Waals surface area contributed by atoms with Gasteiger partial charge in [0.05, 0.1) is 58.7 Å². The number of imide groups is 1. The minimum atomic E-state index is -1.96. The zero-order valence-corrected chi connectivity index (χ0v) is 43.6. The highest BCUT2D eigenvalue weighted by molar-refractivity contribution is 8.00. The third kappa shape index (κ3) is 13.5. The molecule has 1 aromatic carbocycles. The number of carboxylic acid groups (broad SMARTS) is 1. The number of ether oxygens (including phenoxy) is 2. The number of nitrogens with two attached hydrogens (primary N) is 3. The van der Waals surface area contributed by atoms with Gasteiger partial charge in [-0.05, 0) is 74.8 Å². The van der Waals surface area contributed by atoms with Gasteiger partial charge in [0.1, 0.15) is 18.1 Å². The molecule has 6 atom stereocenters. The number of hydrogen-bond donors (Lipinski definition) is 7. The van der Waals surface area contributed by atoms with E-state index in [0.717, 1.165) is 33.2 Å². The number of thioether (sulfide) groups is 1. The maximum absolute atomic E-state index is 13.7. The molecule has 3 aromatic rings. The fraction of sp³-hybridized carbons (Fsp3) is 0.538. The van der Waals surface area contributed by atoms with Crippen molar-refractivity contribution in [1.82, 2.24) is 19.8 Å². The molecule has 24 heteroatoms. The largest absolute Gasteiger partial charge is 0.481 e. The second-order valence-electron chi connectivity index (χ2n) is 19.4. The molecule has 0 bridgehead atoms. The summed E-state index contributed by atoms with van der Waals surface area (Å²) in [6, 6.07) is 5.47. The molecule has 2 aromatic heterocycles. The predicted molar refractivity (Wildman–Crippen MR) is 276 cm³/mol. The lowest BCUT2D eigenvalue weighted by Gasteiger charge is -2.31. The van der Waals surface area contributed by atoms with Gasteiger partial charge in [0.15, 0.2) is 17.3 Å². The molecule has 23 nitrogen and oxygen atoms in total. The summed E-state index contributed by atoms with van der Waals surface area (Å²) in [5.41, 5.74) is 17.5. The van der Waals surface area contributed by atoms with Crippen LogP contribution in [0.25, 0.3) is 22.3 Å². The second kappa shape index (κ2) is 25.7. The molecule has 0 radical (unpaired) electrons. The van der Waals surface area contributed by atoms with Crippen LogP contribution in [0.4, 0.5) is 0 Å². The van der Waals surface area contributed by atoms with E-state index in [2.05, 4.69) is 10.3 Å². The average Bonchev–Trinajstić information content (AvgIpc) is 3.96. The van der Waals surface area contributed by atoms with Crippen molar-refractivity contribution in [2.75, 3.05) is 25.4 Å². The Morgan fingerprint density at radius 3 is 2.37 bits per heavy atom. The Kier molecular flexibility index (Phi) is 19.7. The summed E-state index contributed by atoms with van der Waals surface area (Å²) >= 11 is 0.933. The number of aromatic nitrogens is 2. The maximum atomic E-state index is 13.7. The molecule has 4 amide bonds. The van der Waals surface area contributed by atoms with Crippen molar-refractivity contribution in [3.05, 3.63) is 56.9 Å². The number of amides is 4. The zero-order valence-electron chi connectivity index (χ0n) is 42.8. The number of hydrogen-bond acceptors (Lipinski definition) is 17. The minimum absolute atomic E-state index is 0.0150. The topological polar surface area (TPSA) is 373 Å². The molecular weight excluding hydrogens is 1010 g/mol. The molecule has 76 heavy (non-hydrogen) atoms. The van der Waals surface area contributed by atoms with Crippen LogP contribution in [0.2, 0.25) is 0 Å². The van der Waals surface area contributed by atoms with Crippen molar-refractivity contribution in [1.29, 1.82) is 0 Å². The Balaban J connectivity index is 0.986. The SMILES string of the molecule is CCc1c2c(nc3ccc(OC(=O)CCCCCN4C(=O)CC(SCC(CC(=O)C(CCCN=C(N)N)NC(=O)C(CO)CC(=O)C(C)CCC(N)=O)C(=O)O)C4=O)cc13)-c1cc3c(c(=O)n1C2)COC(=O)[C@]3(O)CC. The molecule has 1 fully saturated rings. The number of aliphatic hydroxyl groups excluding tert-OH is 1. The number of aliphatic carboxylic acids is 1. The van der Waals surface area contributed by atoms with E-state index >= 15 is 0 Å². The maximum Gasteiger partial charge on any atom is 0.343 e. The van der Waals surface area contributed by atoms with Crippen LogP contribution in [0.15, 0.2) is 34.1 Å². The molecule has 5 unspecified atom stereocenters. The van der Waals surface area contributed by atoms with Gasteiger partial charge in [-0.1, -0.05) is 27.2 Å². The number of carbonyl (C=O) groups excluding carboxylic acids is 8. The quantitative estimate of drug-likeness (QED) is 0.0101. The molecular formula is C52H66N8O15S. The first-order valence-corrected chi connectivity index (χ1v) is 26.5. The number of aliphatic hydroxyl groups is 2. The normalized spacial score (nSPS) is 18.2. The number of likely N-dealkylation sites (tertiary alicyclic amines) is 1. The van der Waals surface area contributed by atoms with Crippen LogP contribution in [0.5, 0.6) is 5.75 Å². The summed E-state index contributed by atoms with van der Waals surface area (Å²) < 4.78 is 12.5. The number of cyclic esters (lactones) is 1. The lowest BCUT2D eigenvalue weighted by Crippen LogP contribution is -2.46. The Morgan fingerprint density at radius 1 is 0.961 bits per heavy atom. The molecule has 3 aliphatic rings. The molecule has 1 saturated heterocycles. The summed E-state index contributed by atoms with van der Waals surface area (Å²) in [6.07, 6.45) is 1.01. The average molecular weight is 1080 g/mol. The van der Waals surface area contributed by atoms with E-state index in [9.17, 15) is 63.3 Å². The number of pyridine rings is 2. The van der Waals surface area contributed by atoms with Gasteiger partial charge in [0, 0.05) is 73.4 Å². The van der Waals surface area contributed by atoms with Crippen LogP contribution >= 0.6 is 11.8 Å². The van der Waals surface area contributed by atoms with Gasteiger partial charge in [-0.3, -0.25) is 53.0 Å². The lowest BCUT2D eigenvalue weighted by atomic mass is 9.86. The highest BCUT2D eigenvalue weighted by Gasteiger charge is 2.46. The van der Waals surface area contributed by atoms with Gasteiger partial charge < -0.3 is 51.9 Å². The Bertz CT molecular complexity index is 2880. The Hall–Kier alpha value is -7.05. The molecule has 0 aliphatic carbocycles. The summed E-state index contributed by atoms with van der Waals surface area (Å²) in [5.74, 6) is -9.41. The number of Topliss-reactive ketones (excluding diaryl/α,β-unsaturated/α-hetero) is 2. The van der Waals surface area contributed by atoms with Crippen molar-refractivity contribution in [3.63, 3.8) is 0 Å². The van der Waals surface area contributed by atoms with Crippen LogP contribution in [0, 0.1) is 17.8 Å². The zero-order chi connectivity index (χ0) is 55.6. The number of carbonyl (C=O) groups is 9. The number of carboxylic acids is 1. The van der Waals surface area contributed by atoms with Gasteiger partial charge in [-0.2, -0.15) is 0 Å². The number of rotatable bonds is 29. The lowest BCUT2D eigenvalue weighted by molar-refractivity contribution is -0.172. The minimum Gasteiger partial charge on any atom is -0.481 e. The third-order valence-corrected chi connectivity index (χ3v) is 15.6. The van der Waals surface area contributed by atoms with E-state index in [1.807, 2.05) is 6.92 Å². The molecule has 3 aliphatic heterocycles. The number of ketones is 2. The second-order valence-corrected chi connectivity index (χ2v) is 20.7. The summed E-state index contributed by atoms with van der Waals surface area (Å²) in [4.78, 5) is 139. The van der Waals surface area contributed by atoms with Crippen molar-refractivity contribution >= 4 is 81.7 Å². The number of guanidine groups is 1. The van der Waals surface area contributed by atoms with Gasteiger partial charge in [-0.25, -0.2) is 9.78 Å². The first-order valence-electron chi connectivity index (χ1n) is 25.4. The van der Waals surface area contributed by atoms with Gasteiger partial charge >= 0.3 is 17.9 Å². The summed E-state index contributed by atoms with van der Waals surface area (Å²) in [7, 11) is 0. The molecule has 6 rings (SSSR count). The van der Waals surface area contributed by atoms with Crippen LogP contribution < -0.4 is 32.8 Å². The van der Waals surface area contributed by atoms with Gasteiger partial charge in [-0.15, -0.1) is 11.8 Å². The van der Waals surface area contributed by atoms with Crippen LogP contribution in [0.1, 0.15) is 120 Å². The van der Waals surface area contributed by atoms with Crippen molar-refractivity contribution in [3.8, 4) is 17.1 Å². The van der Waals surface area contributed by atoms with Crippen LogP contribution in [-0.4, -0.2) is 126 Å². The standard InChI is InChI=1S/C52H66N8O15S/c1-4-31-32-20-30(13-14-36(32)57-45-33(31)23-60-38(45)21-35-34(47(60)68)25-74-50(72)52(35,73)5-2)75-44(66)11-7-6-8-17-59-43(65)22-41(48(59)69)76-26-29(49(70)71)19-40(63)37(10-9-16-56-51(54)55)58-46(67)28(24-61)18-39(62)27(3)12-15-42(53)64/h13-14,20-21,27-29,37,41,61,73H,4-12,15-19,22-26H2,1-3H3,(H2,53,64)(H,58,67)(H,70,71)(H4,54,55,56)/t27?,28?,29?,37?,41?,52-/m0/s1. The Labute approximate surface area is 441 Å². The fourth-order valence-corrected chi connectivity index (χ4v) is 10.9. The molecule has 0 saturated carbocycles. The van der Waals surface area contributed by atoms with E-state index in [0.29, 0.717) is 48.3 Å². The first-order chi connectivity index (χ1) is 36.1. The molecule has 0 spiro atoms. The number of nitrogens with zero attached hydrogens (tertiary/aromatic N) is 4. The fourth-order valence-electron chi connectivity index (χ4n) is 9.67. The van der Waals surface area contributed by atoms with Crippen LogP contribution in [-0.2, 0) is 73.1 Å². The summed E-state index contributed by atoms with van der Waals surface area (Å²) in [6.45, 7) is 4.56. The summed E-state index contributed by atoms with van der Waals surface area (Å²) in [5, 5.41) is 33.7. The number of benzene rings is 1. The highest BCUT2D eigenvalue weighted by Crippen LogP contribution is 2.41. The number of esters is 2. The monoisotopic (exact) mass is 1070 g/mol. The number of fused-ring (bicyclic) bond motifs is 5. The number of nitrogens with one attached hydrogen (secondary N) is 1. The van der Waals surface area contributed by atoms with Crippen LogP contribution in [0.3, 0.4) is 0 Å². The van der Waals surface area contributed by atoms with Gasteiger partial charge in [0.25, 0.3) is 5.56 Å². The predicted octanol–water partition coefficient (Wildman–Crippen LogP) is 1.64. The molecule has 5 heterocycles. The van der Waals surface area contributed by atoms with Gasteiger partial charge in [0.2, 0.25) is 23.6 Å². The Morgan fingerprint density at radius 2 is 1.70 bits per heavy atom. The van der Waals surface area contributed by atoms with Crippen molar-refractivity contribution < 1.29 is 67.9 Å². The number of aryl methyl sites for hydroxylation is 1. The van der Waals surface area contributed by atoms with E-state index in [-0.39, 0.29) is 106 Å². The number of aliphatic imine (C=N–C) groups is 1. The van der Waals surface area contributed by atoms with E-state index in [4.69, 9.17) is 31.7 Å². The van der Waals surface area contributed by atoms with Crippen molar-refractivity contribution in [2.24, 2.45) is 39.9 Å².